The highest BCUT2D eigenvalue weighted by Gasteiger charge is 2.37. The fourth-order valence-electron chi connectivity index (χ4n) is 1.90. The topological polar surface area (TPSA) is 63.5 Å². The first-order chi connectivity index (χ1) is 11.3. The minimum atomic E-state index is -4.63. The molecule has 0 bridgehead atoms. The van der Waals surface area contributed by atoms with Crippen LogP contribution < -0.4 is 4.74 Å². The normalized spacial score (nSPS) is 17.2. The van der Waals surface area contributed by atoms with Crippen molar-refractivity contribution in [3.8, 4) is 5.75 Å². The van der Waals surface area contributed by atoms with E-state index in [1.54, 1.807) is 36.4 Å². The average Bonchev–Trinajstić information content (AvgIpc) is 3.03. The van der Waals surface area contributed by atoms with Gasteiger partial charge >= 0.3 is 6.18 Å². The van der Waals surface area contributed by atoms with Crippen LogP contribution >= 0.6 is 0 Å². The summed E-state index contributed by atoms with van der Waals surface area (Å²) in [4.78, 5) is 0. The van der Waals surface area contributed by atoms with Gasteiger partial charge in [0.2, 0.25) is 5.90 Å². The number of hydrogen-bond donors (Lipinski definition) is 1. The van der Waals surface area contributed by atoms with E-state index in [9.17, 15) is 13.2 Å². The minimum absolute atomic E-state index is 0.217. The molecule has 9 heteroatoms. The standard InChI is InChI=1S/C15H19F3N2O4/c1-10(22-2)20-9-24-14(19-20)11-3-5-12(6-4-11)23-8-7-13(21)15(16,17)18/h3-6,10,13,21H,7-9H2,1-2H3/t10?,13-/m1/s1. The van der Waals surface area contributed by atoms with Crippen molar-refractivity contribution in [2.75, 3.05) is 20.4 Å². The quantitative estimate of drug-likeness (QED) is 0.819. The lowest BCUT2D eigenvalue weighted by molar-refractivity contribution is -0.206. The van der Waals surface area contributed by atoms with Gasteiger partial charge in [-0.3, -0.25) is 0 Å². The molecule has 134 valence electrons. The molecule has 2 rings (SSSR count). The van der Waals surface area contributed by atoms with Crippen LogP contribution in [0, 0.1) is 0 Å². The van der Waals surface area contributed by atoms with Crippen molar-refractivity contribution in [2.24, 2.45) is 5.10 Å². The number of ether oxygens (including phenoxy) is 3. The first kappa shape index (κ1) is 18.3. The number of methoxy groups -OCH3 is 1. The van der Waals surface area contributed by atoms with Crippen LogP contribution in [-0.4, -0.2) is 55.0 Å². The number of aliphatic hydroxyl groups excluding tert-OH is 1. The zero-order chi connectivity index (χ0) is 17.7. The lowest BCUT2D eigenvalue weighted by Gasteiger charge is -2.17. The Labute approximate surface area is 137 Å². The average molecular weight is 348 g/mol. The van der Waals surface area contributed by atoms with Gasteiger partial charge < -0.3 is 19.3 Å². The number of halogens is 3. The zero-order valence-corrected chi connectivity index (χ0v) is 13.3. The van der Waals surface area contributed by atoms with Crippen LogP contribution in [0.25, 0.3) is 0 Å². The molecular weight excluding hydrogens is 329 g/mol. The molecule has 0 saturated heterocycles. The monoisotopic (exact) mass is 348 g/mol. The molecule has 0 fully saturated rings. The third-order valence-electron chi connectivity index (χ3n) is 3.45. The summed E-state index contributed by atoms with van der Waals surface area (Å²) in [5, 5.41) is 14.8. The summed E-state index contributed by atoms with van der Waals surface area (Å²) in [5.41, 5.74) is 0.712. The molecule has 0 saturated carbocycles. The Morgan fingerprint density at radius 3 is 2.58 bits per heavy atom. The smallest absolute Gasteiger partial charge is 0.414 e. The number of alkyl halides is 3. The molecule has 1 N–H and O–H groups in total. The van der Waals surface area contributed by atoms with E-state index in [0.29, 0.717) is 17.2 Å². The molecule has 0 spiro atoms. The number of hydrogen-bond acceptors (Lipinski definition) is 6. The first-order valence-electron chi connectivity index (χ1n) is 7.30. The number of nitrogens with zero attached hydrogens (tertiary/aromatic N) is 2. The SMILES string of the molecule is COC(C)N1COC(c2ccc(OCC[C@@H](O)C(F)(F)F)cc2)=N1. The highest BCUT2D eigenvalue weighted by molar-refractivity contribution is 5.94. The summed E-state index contributed by atoms with van der Waals surface area (Å²) in [6.07, 6.45) is -7.75. The summed E-state index contributed by atoms with van der Waals surface area (Å²) in [5.74, 6) is 0.826. The van der Waals surface area contributed by atoms with Crippen LogP contribution in [0.15, 0.2) is 29.4 Å². The highest BCUT2D eigenvalue weighted by Crippen LogP contribution is 2.23. The van der Waals surface area contributed by atoms with Gasteiger partial charge in [-0.25, -0.2) is 5.01 Å². The molecule has 0 aromatic heterocycles. The van der Waals surface area contributed by atoms with E-state index in [1.807, 2.05) is 6.92 Å². The predicted molar refractivity (Wildman–Crippen MR) is 79.4 cm³/mol. The maximum atomic E-state index is 12.2. The molecule has 1 aromatic rings. The molecule has 0 amide bonds. The summed E-state index contributed by atoms with van der Waals surface area (Å²) in [6, 6.07) is 6.58. The van der Waals surface area contributed by atoms with Crippen LogP contribution in [0.3, 0.4) is 0 Å². The summed E-state index contributed by atoms with van der Waals surface area (Å²) >= 11 is 0. The Bertz CT molecular complexity index is 563. The van der Waals surface area contributed by atoms with Crippen molar-refractivity contribution in [1.29, 1.82) is 0 Å². The van der Waals surface area contributed by atoms with Crippen LogP contribution in [0.1, 0.15) is 18.9 Å². The molecule has 1 aromatic carbocycles. The molecule has 2 atom stereocenters. The Morgan fingerprint density at radius 2 is 2.00 bits per heavy atom. The molecule has 6 nitrogen and oxygen atoms in total. The molecule has 1 aliphatic heterocycles. The fourth-order valence-corrected chi connectivity index (χ4v) is 1.90. The zero-order valence-electron chi connectivity index (χ0n) is 13.3. The van der Waals surface area contributed by atoms with Crippen molar-refractivity contribution in [2.45, 2.75) is 31.9 Å². The van der Waals surface area contributed by atoms with Crippen molar-refractivity contribution >= 4 is 5.90 Å². The van der Waals surface area contributed by atoms with Crippen LogP contribution in [0.2, 0.25) is 0 Å². The third-order valence-corrected chi connectivity index (χ3v) is 3.45. The van der Waals surface area contributed by atoms with Crippen molar-refractivity contribution in [1.82, 2.24) is 5.01 Å². The lowest BCUT2D eigenvalue weighted by Crippen LogP contribution is -2.30. The van der Waals surface area contributed by atoms with Crippen molar-refractivity contribution < 1.29 is 32.5 Å². The highest BCUT2D eigenvalue weighted by atomic mass is 19.4. The lowest BCUT2D eigenvalue weighted by atomic mass is 10.2. The number of benzene rings is 1. The van der Waals surface area contributed by atoms with Gasteiger partial charge in [-0.2, -0.15) is 13.2 Å². The first-order valence-corrected chi connectivity index (χ1v) is 7.30. The molecule has 0 radical (unpaired) electrons. The Kier molecular flexibility index (Phi) is 5.89. The molecule has 1 unspecified atom stereocenters. The Balaban J connectivity index is 1.87. The van der Waals surface area contributed by atoms with Gasteiger partial charge in [0.25, 0.3) is 0 Å². The molecule has 1 heterocycles. The van der Waals surface area contributed by atoms with Gasteiger partial charge in [-0.15, -0.1) is 5.10 Å². The van der Waals surface area contributed by atoms with Gasteiger partial charge in [0.1, 0.15) is 12.0 Å². The third kappa shape index (κ3) is 4.75. The molecule has 1 aliphatic rings. The second kappa shape index (κ2) is 7.71. The van der Waals surface area contributed by atoms with Gasteiger partial charge in [-0.1, -0.05) is 0 Å². The van der Waals surface area contributed by atoms with Crippen LogP contribution in [0.4, 0.5) is 13.2 Å². The van der Waals surface area contributed by atoms with Gasteiger partial charge in [-0.05, 0) is 31.2 Å². The summed E-state index contributed by atoms with van der Waals surface area (Å²) in [6.45, 7) is 1.87. The summed E-state index contributed by atoms with van der Waals surface area (Å²) in [7, 11) is 1.57. The van der Waals surface area contributed by atoms with Crippen molar-refractivity contribution in [3.05, 3.63) is 29.8 Å². The van der Waals surface area contributed by atoms with E-state index in [0.717, 1.165) is 0 Å². The van der Waals surface area contributed by atoms with E-state index in [-0.39, 0.29) is 19.6 Å². The van der Waals surface area contributed by atoms with E-state index in [1.165, 1.54) is 0 Å². The number of rotatable bonds is 7. The minimum Gasteiger partial charge on any atom is -0.493 e. The molecular formula is C15H19F3N2O4. The Hall–Kier alpha value is -2.00. The van der Waals surface area contributed by atoms with Crippen LogP contribution in [-0.2, 0) is 9.47 Å². The second-order valence-electron chi connectivity index (χ2n) is 5.17. The van der Waals surface area contributed by atoms with E-state index in [2.05, 4.69) is 5.10 Å². The van der Waals surface area contributed by atoms with Gasteiger partial charge in [0, 0.05) is 19.1 Å². The van der Waals surface area contributed by atoms with E-state index < -0.39 is 18.7 Å². The van der Waals surface area contributed by atoms with Crippen molar-refractivity contribution in [3.63, 3.8) is 0 Å². The fraction of sp³-hybridized carbons (Fsp3) is 0.533. The second-order valence-corrected chi connectivity index (χ2v) is 5.17. The largest absolute Gasteiger partial charge is 0.493 e. The summed E-state index contributed by atoms with van der Waals surface area (Å²) < 4.78 is 52.3. The van der Waals surface area contributed by atoms with Gasteiger partial charge in [0.15, 0.2) is 12.8 Å². The number of hydrazone groups is 1. The van der Waals surface area contributed by atoms with E-state index in [4.69, 9.17) is 19.3 Å². The molecule has 24 heavy (non-hydrogen) atoms. The number of aliphatic hydroxyl groups is 1. The predicted octanol–water partition coefficient (Wildman–Crippen LogP) is 2.32. The van der Waals surface area contributed by atoms with Gasteiger partial charge in [0.05, 0.1) is 6.61 Å². The van der Waals surface area contributed by atoms with E-state index >= 15 is 0 Å². The Morgan fingerprint density at radius 1 is 1.33 bits per heavy atom. The maximum absolute atomic E-state index is 12.2. The maximum Gasteiger partial charge on any atom is 0.414 e. The molecule has 0 aliphatic carbocycles. The van der Waals surface area contributed by atoms with Crippen LogP contribution in [0.5, 0.6) is 5.75 Å².